The van der Waals surface area contributed by atoms with Crippen molar-refractivity contribution in [3.63, 3.8) is 0 Å². The van der Waals surface area contributed by atoms with E-state index in [1.807, 2.05) is 91.0 Å². The number of para-hydroxylation sites is 3. The zero-order chi connectivity index (χ0) is 39.6. The molecule has 0 atom stereocenters. The standard InChI is InChI=1S/C48H30N2O/c1-3-12-31(13-4-1)34-22-25-37-40-29-32(23-26-42(40)49(45(37)30-34)35-14-5-2-6-15-35)33-24-27-43-39(28-33)36-16-7-9-18-41(36)50(43)44-19-11-21-47-48(44)38-17-8-10-20-46(38)51-47/h1-30H/i7D,9D,16D,18D,24D,27D,28D. The Morgan fingerprint density at radius 1 is 0.412 bits per heavy atom. The molecule has 0 fully saturated rings. The maximum absolute atomic E-state index is 9.87. The number of nitrogens with zero attached hydrogens (tertiary/aromatic N) is 2. The molecule has 0 amide bonds. The van der Waals surface area contributed by atoms with Gasteiger partial charge in [0, 0.05) is 32.6 Å². The van der Waals surface area contributed by atoms with Crippen LogP contribution in [0.25, 0.3) is 99.2 Å². The van der Waals surface area contributed by atoms with Crippen molar-refractivity contribution < 1.29 is 14.0 Å². The van der Waals surface area contributed by atoms with E-state index in [2.05, 4.69) is 47.0 Å². The van der Waals surface area contributed by atoms with Gasteiger partial charge in [0.15, 0.2) is 0 Å². The Labute approximate surface area is 303 Å². The normalized spacial score (nSPS) is 13.8. The van der Waals surface area contributed by atoms with Gasteiger partial charge in [-0.3, -0.25) is 0 Å². The summed E-state index contributed by atoms with van der Waals surface area (Å²) in [7, 11) is 0. The van der Waals surface area contributed by atoms with Crippen LogP contribution in [0.4, 0.5) is 0 Å². The van der Waals surface area contributed by atoms with Crippen LogP contribution < -0.4 is 0 Å². The number of furan rings is 1. The molecule has 11 rings (SSSR count). The van der Waals surface area contributed by atoms with Gasteiger partial charge in [0.25, 0.3) is 0 Å². The third-order valence-electron chi connectivity index (χ3n) is 9.96. The highest BCUT2D eigenvalue weighted by atomic mass is 16.3. The first-order valence-electron chi connectivity index (χ1n) is 20.4. The van der Waals surface area contributed by atoms with Crippen LogP contribution in [0, 0.1) is 0 Å². The van der Waals surface area contributed by atoms with Crippen LogP contribution in [0.15, 0.2) is 186 Å². The Hall–Kier alpha value is -6.84. The van der Waals surface area contributed by atoms with Crippen molar-refractivity contribution in [1.82, 2.24) is 9.13 Å². The van der Waals surface area contributed by atoms with Gasteiger partial charge in [-0.25, -0.2) is 0 Å². The van der Waals surface area contributed by atoms with Crippen LogP contribution in [-0.2, 0) is 0 Å². The Kier molecular flexibility index (Phi) is 4.67. The fraction of sp³-hybridized carbons (Fsp3) is 0. The van der Waals surface area contributed by atoms with Crippen LogP contribution in [0.5, 0.6) is 0 Å². The third-order valence-corrected chi connectivity index (χ3v) is 9.96. The maximum Gasteiger partial charge on any atom is 0.137 e. The highest BCUT2D eigenvalue weighted by Crippen LogP contribution is 2.41. The predicted molar refractivity (Wildman–Crippen MR) is 213 cm³/mol. The van der Waals surface area contributed by atoms with Crippen molar-refractivity contribution in [3.8, 4) is 33.6 Å². The summed E-state index contributed by atoms with van der Waals surface area (Å²) >= 11 is 0. The summed E-state index contributed by atoms with van der Waals surface area (Å²) in [5.41, 5.74) is 7.87. The molecule has 0 aliphatic rings. The number of aromatic nitrogens is 2. The number of hydrogen-bond acceptors (Lipinski definition) is 1. The molecule has 3 heterocycles. The molecule has 11 aromatic rings. The predicted octanol–water partition coefficient (Wildman–Crippen LogP) is 13.1. The van der Waals surface area contributed by atoms with E-state index in [0.29, 0.717) is 27.8 Å². The van der Waals surface area contributed by atoms with Gasteiger partial charge in [0.2, 0.25) is 0 Å². The first-order valence-corrected chi connectivity index (χ1v) is 16.9. The molecule has 8 aromatic carbocycles. The van der Waals surface area contributed by atoms with E-state index in [1.54, 1.807) is 10.6 Å². The topological polar surface area (TPSA) is 23.0 Å². The number of fused-ring (bicyclic) bond motifs is 9. The van der Waals surface area contributed by atoms with Gasteiger partial charge >= 0.3 is 0 Å². The summed E-state index contributed by atoms with van der Waals surface area (Å²) in [6.07, 6.45) is 0. The molecule has 0 spiro atoms. The van der Waals surface area contributed by atoms with E-state index in [1.165, 1.54) is 0 Å². The van der Waals surface area contributed by atoms with Gasteiger partial charge < -0.3 is 13.6 Å². The molecule has 0 aliphatic heterocycles. The van der Waals surface area contributed by atoms with Crippen LogP contribution in [0.1, 0.15) is 9.60 Å². The highest BCUT2D eigenvalue weighted by molar-refractivity contribution is 6.16. The monoisotopic (exact) mass is 657 g/mol. The Balaban J connectivity index is 1.23. The first-order chi connectivity index (χ1) is 28.2. The molecule has 238 valence electrons. The van der Waals surface area contributed by atoms with Crippen LogP contribution in [0.2, 0.25) is 0 Å². The first kappa shape index (κ1) is 22.0. The summed E-state index contributed by atoms with van der Waals surface area (Å²) in [5.74, 6) is 0. The lowest BCUT2D eigenvalue weighted by Gasteiger charge is -2.10. The molecular weight excluding hydrogens is 621 g/mol. The van der Waals surface area contributed by atoms with Crippen LogP contribution in [-0.4, -0.2) is 9.13 Å². The second-order valence-electron chi connectivity index (χ2n) is 12.8. The highest BCUT2D eigenvalue weighted by Gasteiger charge is 2.19. The second kappa shape index (κ2) is 10.8. The van der Waals surface area contributed by atoms with E-state index in [9.17, 15) is 6.85 Å². The van der Waals surface area contributed by atoms with Gasteiger partial charge in [-0.15, -0.1) is 0 Å². The zero-order valence-corrected chi connectivity index (χ0v) is 27.1. The van der Waals surface area contributed by atoms with Crippen molar-refractivity contribution in [2.75, 3.05) is 0 Å². The molecule has 0 N–H and O–H groups in total. The summed E-state index contributed by atoms with van der Waals surface area (Å²) in [6, 6.07) is 43.7. The minimum atomic E-state index is -0.434. The number of rotatable bonds is 4. The quantitative estimate of drug-likeness (QED) is 0.185. The Morgan fingerprint density at radius 3 is 2.06 bits per heavy atom. The molecule has 3 aromatic heterocycles. The van der Waals surface area contributed by atoms with Crippen molar-refractivity contribution >= 4 is 65.6 Å². The SMILES string of the molecule is [2H]c1c([2H])c([2H])c2c(c1[2H])c1c([2H])c(-c3ccc4c(c3)c3ccc(-c5ccccc5)cc3n4-c3ccccc3)c([2H])c([2H])c1n2-c1cccc2oc3ccccc3c12. The molecule has 3 nitrogen and oxygen atoms in total. The molecule has 0 unspecified atom stereocenters. The van der Waals surface area contributed by atoms with Crippen LogP contribution in [0.3, 0.4) is 0 Å². The molecule has 3 heteroatoms. The molecule has 51 heavy (non-hydrogen) atoms. The van der Waals surface area contributed by atoms with E-state index in [4.69, 9.17) is 7.16 Å². The van der Waals surface area contributed by atoms with Crippen molar-refractivity contribution in [2.45, 2.75) is 0 Å². The summed E-state index contributed by atoms with van der Waals surface area (Å²) in [6.45, 7) is 0. The van der Waals surface area contributed by atoms with Crippen molar-refractivity contribution in [1.29, 1.82) is 0 Å². The molecular formula is C48H30N2O. The number of benzene rings is 8. The number of hydrogen-bond donors (Lipinski definition) is 0. The van der Waals surface area contributed by atoms with E-state index >= 15 is 0 Å². The largest absolute Gasteiger partial charge is 0.456 e. The molecule has 0 aliphatic carbocycles. The van der Waals surface area contributed by atoms with Crippen molar-refractivity contribution in [2.24, 2.45) is 0 Å². The summed E-state index contributed by atoms with van der Waals surface area (Å²) in [4.78, 5) is 0. The summed E-state index contributed by atoms with van der Waals surface area (Å²) < 4.78 is 74.9. The molecule has 0 saturated heterocycles. The average molecular weight is 658 g/mol. The fourth-order valence-corrected chi connectivity index (χ4v) is 7.68. The van der Waals surface area contributed by atoms with Crippen LogP contribution >= 0.6 is 0 Å². The van der Waals surface area contributed by atoms with E-state index in [-0.39, 0.29) is 57.6 Å². The third kappa shape index (κ3) is 4.19. The lowest BCUT2D eigenvalue weighted by Crippen LogP contribution is -1.94. The van der Waals surface area contributed by atoms with Gasteiger partial charge in [0.1, 0.15) is 11.2 Å². The Morgan fingerprint density at radius 2 is 1.16 bits per heavy atom. The Bertz CT molecular complexity index is 3530. The minimum absolute atomic E-state index is 0.0912. The lowest BCUT2D eigenvalue weighted by molar-refractivity contribution is 0.669. The van der Waals surface area contributed by atoms with Gasteiger partial charge in [-0.2, -0.15) is 0 Å². The van der Waals surface area contributed by atoms with E-state index < -0.39 is 12.1 Å². The molecule has 0 bridgehead atoms. The summed E-state index contributed by atoms with van der Waals surface area (Å²) in [5, 5.41) is 3.69. The maximum atomic E-state index is 9.87. The lowest BCUT2D eigenvalue weighted by atomic mass is 9.99. The van der Waals surface area contributed by atoms with Gasteiger partial charge in [0.05, 0.1) is 42.7 Å². The average Bonchev–Trinajstić information content (AvgIpc) is 3.93. The van der Waals surface area contributed by atoms with Crippen molar-refractivity contribution in [3.05, 3.63) is 182 Å². The molecule has 0 radical (unpaired) electrons. The smallest absolute Gasteiger partial charge is 0.137 e. The zero-order valence-electron chi connectivity index (χ0n) is 34.1. The second-order valence-corrected chi connectivity index (χ2v) is 12.8. The fourth-order valence-electron chi connectivity index (χ4n) is 7.68. The van der Waals surface area contributed by atoms with E-state index in [0.717, 1.165) is 44.0 Å². The molecule has 0 saturated carbocycles. The minimum Gasteiger partial charge on any atom is -0.456 e. The van der Waals surface area contributed by atoms with Gasteiger partial charge in [-0.1, -0.05) is 115 Å². The van der Waals surface area contributed by atoms with Gasteiger partial charge in [-0.05, 0) is 88.9 Å².